The van der Waals surface area contributed by atoms with Crippen molar-refractivity contribution in [3.8, 4) is 0 Å². The molecule has 4 heteroatoms. The van der Waals surface area contributed by atoms with Gasteiger partial charge in [-0.2, -0.15) is 11.8 Å². The molecule has 1 atom stereocenters. The Morgan fingerprint density at radius 3 is 3.00 bits per heavy atom. The van der Waals surface area contributed by atoms with Crippen molar-refractivity contribution in [1.29, 1.82) is 0 Å². The van der Waals surface area contributed by atoms with E-state index in [0.717, 1.165) is 30.1 Å². The fourth-order valence-corrected chi connectivity index (χ4v) is 3.31. The van der Waals surface area contributed by atoms with Crippen molar-refractivity contribution in [3.63, 3.8) is 0 Å². The molecule has 1 fully saturated rings. The van der Waals surface area contributed by atoms with Crippen LogP contribution in [0.15, 0.2) is 18.2 Å². The van der Waals surface area contributed by atoms with E-state index in [0.29, 0.717) is 11.8 Å². The molecule has 1 saturated heterocycles. The molecule has 0 amide bonds. The summed E-state index contributed by atoms with van der Waals surface area (Å²) in [5.74, 6) is 0.932. The van der Waals surface area contributed by atoms with Gasteiger partial charge in [0.25, 0.3) is 0 Å². The second-order valence-electron chi connectivity index (χ2n) is 4.37. The molecule has 1 aliphatic rings. The molecule has 2 rings (SSSR count). The minimum absolute atomic E-state index is 0.186. The van der Waals surface area contributed by atoms with Gasteiger partial charge in [0.05, 0.1) is 0 Å². The highest BCUT2D eigenvalue weighted by Crippen LogP contribution is 2.27. The van der Waals surface area contributed by atoms with Gasteiger partial charge in [-0.15, -0.1) is 0 Å². The molecular formula is C13H19FN2S. The Bertz CT molecular complexity index is 384. The fraction of sp³-hybridized carbons (Fsp3) is 0.538. The summed E-state index contributed by atoms with van der Waals surface area (Å²) in [6.45, 7) is 4.60. The highest BCUT2D eigenvalue weighted by Gasteiger charge is 2.19. The lowest BCUT2D eigenvalue weighted by Gasteiger charge is -2.33. The van der Waals surface area contributed by atoms with E-state index in [1.807, 2.05) is 17.8 Å². The Labute approximate surface area is 106 Å². The molecule has 0 aliphatic carbocycles. The first-order valence-electron chi connectivity index (χ1n) is 6.09. The van der Waals surface area contributed by atoms with Gasteiger partial charge in [-0.05, 0) is 30.2 Å². The maximum absolute atomic E-state index is 13.5. The Morgan fingerprint density at radius 2 is 2.29 bits per heavy atom. The Kier molecular flexibility index (Phi) is 4.29. The van der Waals surface area contributed by atoms with Crippen molar-refractivity contribution in [2.75, 3.05) is 23.7 Å². The van der Waals surface area contributed by atoms with Crippen LogP contribution in [0.2, 0.25) is 0 Å². The van der Waals surface area contributed by atoms with Crippen molar-refractivity contribution in [3.05, 3.63) is 29.6 Å². The van der Waals surface area contributed by atoms with Gasteiger partial charge in [-0.3, -0.25) is 0 Å². The summed E-state index contributed by atoms with van der Waals surface area (Å²) < 4.78 is 13.5. The normalized spacial score (nSPS) is 20.6. The predicted molar refractivity (Wildman–Crippen MR) is 73.0 cm³/mol. The molecule has 17 heavy (non-hydrogen) atoms. The van der Waals surface area contributed by atoms with Crippen LogP contribution in [0.4, 0.5) is 10.1 Å². The Hall–Kier alpha value is -0.740. The zero-order valence-electron chi connectivity index (χ0n) is 10.2. The third-order valence-corrected chi connectivity index (χ3v) is 4.51. The van der Waals surface area contributed by atoms with Gasteiger partial charge in [0.15, 0.2) is 0 Å². The van der Waals surface area contributed by atoms with Gasteiger partial charge < -0.3 is 10.6 Å². The summed E-state index contributed by atoms with van der Waals surface area (Å²) in [4.78, 5) is 2.27. The lowest BCUT2D eigenvalue weighted by molar-refractivity contribution is 0.623. The monoisotopic (exact) mass is 254 g/mol. The fourth-order valence-electron chi connectivity index (χ4n) is 2.13. The summed E-state index contributed by atoms with van der Waals surface area (Å²) in [5.41, 5.74) is 7.42. The summed E-state index contributed by atoms with van der Waals surface area (Å²) in [7, 11) is 0. The smallest absolute Gasteiger partial charge is 0.125 e. The molecule has 0 radical (unpaired) electrons. The van der Waals surface area contributed by atoms with Gasteiger partial charge in [0.2, 0.25) is 0 Å². The molecule has 1 aromatic rings. The number of thioether (sulfide) groups is 1. The van der Waals surface area contributed by atoms with E-state index >= 15 is 0 Å². The van der Waals surface area contributed by atoms with E-state index in [2.05, 4.69) is 11.8 Å². The van der Waals surface area contributed by atoms with E-state index < -0.39 is 0 Å². The summed E-state index contributed by atoms with van der Waals surface area (Å²) in [6, 6.07) is 5.13. The Morgan fingerprint density at radius 1 is 1.47 bits per heavy atom. The molecule has 94 valence electrons. The molecule has 1 unspecified atom stereocenters. The molecule has 2 nitrogen and oxygen atoms in total. The van der Waals surface area contributed by atoms with Crippen LogP contribution in [0.5, 0.6) is 0 Å². The first-order valence-corrected chi connectivity index (χ1v) is 7.14. The van der Waals surface area contributed by atoms with Gasteiger partial charge in [0, 0.05) is 36.3 Å². The minimum Gasteiger partial charge on any atom is -0.370 e. The lowest BCUT2D eigenvalue weighted by atomic mass is 10.1. The largest absolute Gasteiger partial charge is 0.370 e. The average Bonchev–Trinajstić information content (AvgIpc) is 2.38. The first kappa shape index (κ1) is 12.7. The molecular weight excluding hydrogens is 235 g/mol. The second kappa shape index (κ2) is 5.74. The summed E-state index contributed by atoms with van der Waals surface area (Å²) in [5, 5.41) is 0.661. The van der Waals surface area contributed by atoms with E-state index in [-0.39, 0.29) is 5.82 Å². The zero-order chi connectivity index (χ0) is 12.3. The molecule has 0 bridgehead atoms. The van der Waals surface area contributed by atoms with Crippen LogP contribution >= 0.6 is 11.8 Å². The maximum atomic E-state index is 13.5. The zero-order valence-corrected chi connectivity index (χ0v) is 11.0. The number of nitrogens with zero attached hydrogens (tertiary/aromatic N) is 1. The number of rotatable bonds is 3. The van der Waals surface area contributed by atoms with E-state index in [4.69, 9.17) is 5.73 Å². The van der Waals surface area contributed by atoms with E-state index in [1.54, 1.807) is 6.07 Å². The van der Waals surface area contributed by atoms with Crippen LogP contribution in [-0.2, 0) is 6.54 Å². The van der Waals surface area contributed by atoms with Crippen LogP contribution in [0.3, 0.4) is 0 Å². The topological polar surface area (TPSA) is 29.3 Å². The van der Waals surface area contributed by atoms with Crippen LogP contribution in [0, 0.1) is 5.82 Å². The molecule has 1 aliphatic heterocycles. The number of nitrogens with two attached hydrogens (primary N) is 1. The van der Waals surface area contributed by atoms with Gasteiger partial charge >= 0.3 is 0 Å². The second-order valence-corrected chi connectivity index (χ2v) is 5.78. The third kappa shape index (κ3) is 3.13. The number of hydrogen-bond acceptors (Lipinski definition) is 3. The van der Waals surface area contributed by atoms with E-state index in [9.17, 15) is 4.39 Å². The highest BCUT2D eigenvalue weighted by atomic mass is 32.2. The van der Waals surface area contributed by atoms with Crippen molar-refractivity contribution >= 4 is 17.4 Å². The average molecular weight is 254 g/mol. The summed E-state index contributed by atoms with van der Waals surface area (Å²) >= 11 is 2.02. The molecule has 1 heterocycles. The lowest BCUT2D eigenvalue weighted by Crippen LogP contribution is -2.37. The maximum Gasteiger partial charge on any atom is 0.125 e. The quantitative estimate of drug-likeness (QED) is 0.899. The van der Waals surface area contributed by atoms with Crippen LogP contribution in [0.25, 0.3) is 0 Å². The number of benzene rings is 1. The van der Waals surface area contributed by atoms with Gasteiger partial charge in [0.1, 0.15) is 5.82 Å². The van der Waals surface area contributed by atoms with Crippen LogP contribution in [0.1, 0.15) is 18.9 Å². The van der Waals surface area contributed by atoms with Crippen molar-refractivity contribution in [2.24, 2.45) is 5.73 Å². The van der Waals surface area contributed by atoms with E-state index in [1.165, 1.54) is 12.5 Å². The van der Waals surface area contributed by atoms with Crippen molar-refractivity contribution in [2.45, 2.75) is 25.1 Å². The summed E-state index contributed by atoms with van der Waals surface area (Å²) in [6.07, 6.45) is 1.17. The van der Waals surface area contributed by atoms with Crippen LogP contribution in [-0.4, -0.2) is 24.1 Å². The molecule has 2 N–H and O–H groups in total. The van der Waals surface area contributed by atoms with Crippen LogP contribution < -0.4 is 10.6 Å². The molecule has 0 spiro atoms. The highest BCUT2D eigenvalue weighted by molar-refractivity contribution is 8.00. The predicted octanol–water partition coefficient (Wildman–Crippen LogP) is 2.62. The molecule has 1 aromatic carbocycles. The number of halogens is 1. The first-order chi connectivity index (χ1) is 8.22. The SMILES string of the molecule is CCC1CN(c2cc(F)cc(CN)c2)CCS1. The van der Waals surface area contributed by atoms with Gasteiger partial charge in [-0.25, -0.2) is 4.39 Å². The number of hydrogen-bond donors (Lipinski definition) is 1. The van der Waals surface area contributed by atoms with Gasteiger partial charge in [-0.1, -0.05) is 6.92 Å². The van der Waals surface area contributed by atoms with Crippen molar-refractivity contribution in [1.82, 2.24) is 0 Å². The third-order valence-electron chi connectivity index (χ3n) is 3.14. The van der Waals surface area contributed by atoms with Crippen molar-refractivity contribution < 1.29 is 4.39 Å². The number of anilines is 1. The minimum atomic E-state index is -0.186. The molecule has 0 saturated carbocycles. The Balaban J connectivity index is 2.18. The standard InChI is InChI=1S/C13H19FN2S/c1-2-13-9-16(3-4-17-13)12-6-10(8-15)5-11(14)7-12/h5-7,13H,2-4,8-9,15H2,1H3. The molecule has 0 aromatic heterocycles.